The first-order valence-corrected chi connectivity index (χ1v) is 6.85. The van der Waals surface area contributed by atoms with Crippen LogP contribution in [0, 0.1) is 10.1 Å². The van der Waals surface area contributed by atoms with Gasteiger partial charge in [0, 0.05) is 19.8 Å². The minimum Gasteiger partial charge on any atom is -0.445 e. The molecule has 0 bridgehead atoms. The molecule has 0 aromatic carbocycles. The van der Waals surface area contributed by atoms with Crippen molar-refractivity contribution in [1.29, 1.82) is 0 Å². The lowest BCUT2D eigenvalue weighted by molar-refractivity contribution is -0.402. The SMILES string of the molecule is CC(=O)N1N=C(c2ccc([N+](=O)[O-])o2)OC12CCCCC2. The number of carbonyl (C=O) groups excluding carboxylic acids is 1. The molecule has 1 amide bonds. The van der Waals surface area contributed by atoms with Gasteiger partial charge in [0.1, 0.15) is 4.92 Å². The number of amides is 1. The molecule has 2 heterocycles. The van der Waals surface area contributed by atoms with E-state index in [0.717, 1.165) is 19.3 Å². The van der Waals surface area contributed by atoms with Gasteiger partial charge in [0.05, 0.1) is 6.07 Å². The van der Waals surface area contributed by atoms with E-state index < -0.39 is 10.6 Å². The molecule has 0 saturated heterocycles. The molecule has 1 aromatic heterocycles. The number of hydrogen-bond donors (Lipinski definition) is 0. The molecule has 2 aliphatic rings. The number of nitrogens with zero attached hydrogens (tertiary/aromatic N) is 3. The van der Waals surface area contributed by atoms with Gasteiger partial charge in [-0.3, -0.25) is 14.9 Å². The highest BCUT2D eigenvalue weighted by atomic mass is 16.7. The summed E-state index contributed by atoms with van der Waals surface area (Å²) in [6, 6.07) is 2.67. The maximum atomic E-state index is 11.8. The molecule has 1 spiro atoms. The maximum absolute atomic E-state index is 11.8. The molecule has 0 radical (unpaired) electrons. The van der Waals surface area contributed by atoms with E-state index >= 15 is 0 Å². The van der Waals surface area contributed by atoms with E-state index in [1.54, 1.807) is 0 Å². The summed E-state index contributed by atoms with van der Waals surface area (Å²) in [7, 11) is 0. The van der Waals surface area contributed by atoms with Crippen LogP contribution in [0.15, 0.2) is 21.7 Å². The van der Waals surface area contributed by atoms with Gasteiger partial charge >= 0.3 is 5.88 Å². The molecule has 8 nitrogen and oxygen atoms in total. The highest BCUT2D eigenvalue weighted by Crippen LogP contribution is 2.40. The van der Waals surface area contributed by atoms with E-state index in [-0.39, 0.29) is 23.4 Å². The number of nitro groups is 1. The van der Waals surface area contributed by atoms with Crippen LogP contribution in [0.4, 0.5) is 5.88 Å². The molecule has 1 aliphatic carbocycles. The average Bonchev–Trinajstić information content (AvgIpc) is 3.05. The van der Waals surface area contributed by atoms with Crippen molar-refractivity contribution in [2.24, 2.45) is 5.10 Å². The zero-order valence-corrected chi connectivity index (χ0v) is 11.6. The van der Waals surface area contributed by atoms with Gasteiger partial charge in [0.25, 0.3) is 5.90 Å². The van der Waals surface area contributed by atoms with Crippen LogP contribution in [0.1, 0.15) is 44.8 Å². The Kier molecular flexibility index (Phi) is 3.15. The molecule has 21 heavy (non-hydrogen) atoms. The lowest BCUT2D eigenvalue weighted by Crippen LogP contribution is -2.48. The van der Waals surface area contributed by atoms with Crippen molar-refractivity contribution in [3.63, 3.8) is 0 Å². The molecule has 3 rings (SSSR count). The summed E-state index contributed by atoms with van der Waals surface area (Å²) >= 11 is 0. The van der Waals surface area contributed by atoms with Crippen molar-refractivity contribution in [3.05, 3.63) is 28.0 Å². The van der Waals surface area contributed by atoms with Crippen molar-refractivity contribution in [3.8, 4) is 0 Å². The third-order valence-electron chi connectivity index (χ3n) is 3.78. The van der Waals surface area contributed by atoms with Gasteiger partial charge in [-0.2, -0.15) is 5.01 Å². The monoisotopic (exact) mass is 293 g/mol. The Morgan fingerprint density at radius 2 is 2.10 bits per heavy atom. The lowest BCUT2D eigenvalue weighted by atomic mass is 9.91. The number of hydrazone groups is 1. The Labute approximate surface area is 120 Å². The van der Waals surface area contributed by atoms with Crippen molar-refractivity contribution in [1.82, 2.24) is 5.01 Å². The number of hydrogen-bond acceptors (Lipinski definition) is 6. The topological polar surface area (TPSA) is 98.2 Å². The first kappa shape index (κ1) is 13.6. The summed E-state index contributed by atoms with van der Waals surface area (Å²) in [4.78, 5) is 21.8. The molecule has 0 N–H and O–H groups in total. The fourth-order valence-corrected chi connectivity index (χ4v) is 2.84. The molecule has 112 valence electrons. The van der Waals surface area contributed by atoms with Gasteiger partial charge in [-0.15, -0.1) is 5.10 Å². The summed E-state index contributed by atoms with van der Waals surface area (Å²) in [5, 5.41) is 16.2. The third-order valence-corrected chi connectivity index (χ3v) is 3.78. The quantitative estimate of drug-likeness (QED) is 0.616. The van der Waals surface area contributed by atoms with Gasteiger partial charge in [-0.05, 0) is 18.9 Å². The molecule has 1 saturated carbocycles. The Bertz CT molecular complexity index is 615. The Morgan fingerprint density at radius 1 is 1.38 bits per heavy atom. The number of carbonyl (C=O) groups is 1. The Morgan fingerprint density at radius 3 is 2.67 bits per heavy atom. The van der Waals surface area contributed by atoms with Crippen LogP contribution in [0.25, 0.3) is 0 Å². The smallest absolute Gasteiger partial charge is 0.433 e. The van der Waals surface area contributed by atoms with E-state index in [1.807, 2.05) is 0 Å². The molecule has 0 unspecified atom stereocenters. The van der Waals surface area contributed by atoms with Crippen molar-refractivity contribution in [2.45, 2.75) is 44.8 Å². The first-order valence-electron chi connectivity index (χ1n) is 6.85. The second-order valence-electron chi connectivity index (χ2n) is 5.24. The molecule has 1 aromatic rings. The highest BCUT2D eigenvalue weighted by Gasteiger charge is 2.48. The van der Waals surface area contributed by atoms with Crippen molar-refractivity contribution in [2.75, 3.05) is 0 Å². The van der Waals surface area contributed by atoms with Gasteiger partial charge in [0.2, 0.25) is 11.6 Å². The van der Waals surface area contributed by atoms with Crippen LogP contribution in [0.3, 0.4) is 0 Å². The first-order chi connectivity index (χ1) is 10.0. The van der Waals surface area contributed by atoms with Crippen LogP contribution in [-0.2, 0) is 9.53 Å². The summed E-state index contributed by atoms with van der Waals surface area (Å²) < 4.78 is 11.0. The van der Waals surface area contributed by atoms with Gasteiger partial charge in [0.15, 0.2) is 5.76 Å². The van der Waals surface area contributed by atoms with E-state index in [0.29, 0.717) is 12.8 Å². The van der Waals surface area contributed by atoms with Crippen molar-refractivity contribution < 1.29 is 18.9 Å². The largest absolute Gasteiger partial charge is 0.445 e. The predicted molar refractivity (Wildman–Crippen MR) is 71.3 cm³/mol. The Hall–Kier alpha value is -2.38. The molecule has 8 heteroatoms. The van der Waals surface area contributed by atoms with Crippen LogP contribution >= 0.6 is 0 Å². The second-order valence-corrected chi connectivity index (χ2v) is 5.24. The minimum absolute atomic E-state index is 0.125. The average molecular weight is 293 g/mol. The number of furan rings is 1. The van der Waals surface area contributed by atoms with Gasteiger partial charge in [-0.1, -0.05) is 6.42 Å². The molecule has 0 atom stereocenters. The predicted octanol–water partition coefficient (Wildman–Crippen LogP) is 2.39. The fraction of sp³-hybridized carbons (Fsp3) is 0.538. The summed E-state index contributed by atoms with van der Waals surface area (Å²) in [5.74, 6) is -0.307. The highest BCUT2D eigenvalue weighted by molar-refractivity contribution is 5.94. The summed E-state index contributed by atoms with van der Waals surface area (Å²) in [6.07, 6.45) is 4.39. The van der Waals surface area contributed by atoms with E-state index in [2.05, 4.69) is 5.10 Å². The normalized spacial score (nSPS) is 20.2. The van der Waals surface area contributed by atoms with Gasteiger partial charge in [-0.25, -0.2) is 0 Å². The lowest BCUT2D eigenvalue weighted by Gasteiger charge is -2.37. The molecular formula is C13H15N3O5. The van der Waals surface area contributed by atoms with Crippen molar-refractivity contribution >= 4 is 17.7 Å². The standard InChI is InChI=1S/C13H15N3O5/c1-9(17)15-13(7-3-2-4-8-13)21-12(14-15)10-5-6-11(20-10)16(18)19/h5-6H,2-4,7-8H2,1H3. The number of rotatable bonds is 2. The molecular weight excluding hydrogens is 278 g/mol. The van der Waals surface area contributed by atoms with Crippen LogP contribution in [-0.4, -0.2) is 27.5 Å². The zero-order valence-electron chi connectivity index (χ0n) is 11.6. The van der Waals surface area contributed by atoms with E-state index in [9.17, 15) is 14.9 Å². The minimum atomic E-state index is -0.763. The molecule has 1 fully saturated rings. The fourth-order valence-electron chi connectivity index (χ4n) is 2.84. The van der Waals surface area contributed by atoms with Gasteiger partial charge < -0.3 is 9.15 Å². The third kappa shape index (κ3) is 2.26. The Balaban J connectivity index is 1.91. The van der Waals surface area contributed by atoms with Crippen LogP contribution in [0.2, 0.25) is 0 Å². The van der Waals surface area contributed by atoms with E-state index in [1.165, 1.54) is 24.1 Å². The van der Waals surface area contributed by atoms with E-state index in [4.69, 9.17) is 9.15 Å². The summed E-state index contributed by atoms with van der Waals surface area (Å²) in [6.45, 7) is 1.43. The second kappa shape index (κ2) is 4.87. The van der Waals surface area contributed by atoms with Crippen LogP contribution < -0.4 is 0 Å². The molecule has 1 aliphatic heterocycles. The summed E-state index contributed by atoms with van der Waals surface area (Å²) in [5.41, 5.74) is -0.763. The van der Waals surface area contributed by atoms with Crippen LogP contribution in [0.5, 0.6) is 0 Å². The maximum Gasteiger partial charge on any atom is 0.433 e. The zero-order chi connectivity index (χ0) is 15.0. The number of ether oxygens (including phenoxy) is 1.